The number of nitrogens with zero attached hydrogens (tertiary/aromatic N) is 3. The van der Waals surface area contributed by atoms with Crippen LogP contribution < -0.4 is 15.4 Å². The zero-order valence-electron chi connectivity index (χ0n) is 16.7. The third-order valence-corrected chi connectivity index (χ3v) is 4.51. The Morgan fingerprint density at radius 1 is 1.36 bits per heavy atom. The summed E-state index contributed by atoms with van der Waals surface area (Å²) in [6.45, 7) is 2.77. The molecule has 0 saturated heterocycles. The van der Waals surface area contributed by atoms with Gasteiger partial charge in [-0.1, -0.05) is 6.07 Å². The average Bonchev–Trinajstić information content (AvgIpc) is 2.92. The molecule has 1 aromatic carbocycles. The van der Waals surface area contributed by atoms with Crippen molar-refractivity contribution in [3.63, 3.8) is 0 Å². The van der Waals surface area contributed by atoms with Crippen molar-refractivity contribution in [3.8, 4) is 5.75 Å². The fourth-order valence-electron chi connectivity index (χ4n) is 2.76. The van der Waals surface area contributed by atoms with Gasteiger partial charge in [0.2, 0.25) is 5.91 Å². The topological polar surface area (TPSA) is 70.9 Å². The van der Waals surface area contributed by atoms with Crippen LogP contribution in [-0.2, 0) is 24.9 Å². The number of guanidine groups is 1. The summed E-state index contributed by atoms with van der Waals surface area (Å²) in [5, 5.41) is 6.14. The summed E-state index contributed by atoms with van der Waals surface area (Å²) in [7, 11) is 7.35. The van der Waals surface area contributed by atoms with E-state index in [1.807, 2.05) is 38.5 Å². The van der Waals surface area contributed by atoms with Crippen LogP contribution in [0.15, 0.2) is 39.9 Å². The molecular formula is C19H27BrIN5O2. The van der Waals surface area contributed by atoms with E-state index in [0.29, 0.717) is 18.0 Å². The Hall–Kier alpha value is -1.75. The maximum absolute atomic E-state index is 11.4. The molecule has 154 valence electrons. The highest BCUT2D eigenvalue weighted by Crippen LogP contribution is 2.25. The van der Waals surface area contributed by atoms with E-state index >= 15 is 0 Å². The van der Waals surface area contributed by atoms with Crippen LogP contribution in [0.25, 0.3) is 0 Å². The van der Waals surface area contributed by atoms with E-state index < -0.39 is 0 Å². The number of methoxy groups -OCH3 is 1. The first kappa shape index (κ1) is 24.3. The van der Waals surface area contributed by atoms with E-state index in [9.17, 15) is 4.79 Å². The number of ether oxygens (including phenoxy) is 1. The minimum atomic E-state index is -0.136. The Bertz CT molecular complexity index is 838. The number of amides is 1. The number of aromatic nitrogens is 1. The van der Waals surface area contributed by atoms with Crippen molar-refractivity contribution < 1.29 is 9.53 Å². The van der Waals surface area contributed by atoms with E-state index in [-0.39, 0.29) is 29.9 Å². The average molecular weight is 564 g/mol. The van der Waals surface area contributed by atoms with Crippen molar-refractivity contribution in [2.24, 2.45) is 12.0 Å². The summed E-state index contributed by atoms with van der Waals surface area (Å²) in [6, 6.07) is 7.79. The highest BCUT2D eigenvalue weighted by Gasteiger charge is 2.11. The van der Waals surface area contributed by atoms with E-state index in [1.165, 1.54) is 12.6 Å². The fraction of sp³-hybridized carbons (Fsp3) is 0.368. The molecule has 1 heterocycles. The Morgan fingerprint density at radius 2 is 2.07 bits per heavy atom. The molecule has 0 fully saturated rings. The molecule has 0 aliphatic rings. The number of aryl methyl sites for hydroxylation is 1. The van der Waals surface area contributed by atoms with Gasteiger partial charge < -0.3 is 24.8 Å². The lowest BCUT2D eigenvalue weighted by Crippen LogP contribution is -2.38. The number of carbonyl (C=O) groups is 1. The highest BCUT2D eigenvalue weighted by molar-refractivity contribution is 14.0. The standard InChI is InChI=1S/C19H26BrN5O2.HI/c1-13(26)23-17-8-14(6-7-18(17)27-5)10-22-19(21-2)25(4)12-16-9-15(20)11-24(16)3;/h6-9,11H,10,12H2,1-5H3,(H,21,22)(H,23,26);1H. The lowest BCUT2D eigenvalue weighted by Gasteiger charge is -2.22. The van der Waals surface area contributed by atoms with Gasteiger partial charge >= 0.3 is 0 Å². The molecule has 2 rings (SSSR count). The molecule has 1 aromatic heterocycles. The summed E-state index contributed by atoms with van der Waals surface area (Å²) in [6.07, 6.45) is 2.03. The van der Waals surface area contributed by atoms with Gasteiger partial charge in [-0.2, -0.15) is 0 Å². The van der Waals surface area contributed by atoms with Crippen molar-refractivity contribution >= 4 is 57.5 Å². The van der Waals surface area contributed by atoms with Crippen molar-refractivity contribution in [3.05, 3.63) is 46.2 Å². The summed E-state index contributed by atoms with van der Waals surface area (Å²) in [5.41, 5.74) is 2.83. The summed E-state index contributed by atoms with van der Waals surface area (Å²) in [4.78, 5) is 17.8. The number of nitrogens with one attached hydrogen (secondary N) is 2. The van der Waals surface area contributed by atoms with Crippen LogP contribution >= 0.6 is 39.9 Å². The molecule has 2 N–H and O–H groups in total. The summed E-state index contributed by atoms with van der Waals surface area (Å²) in [5.74, 6) is 1.27. The number of benzene rings is 1. The second-order valence-corrected chi connectivity index (χ2v) is 7.15. The zero-order valence-corrected chi connectivity index (χ0v) is 20.7. The number of carbonyl (C=O) groups excluding carboxylic acids is 1. The minimum absolute atomic E-state index is 0. The van der Waals surface area contributed by atoms with Gasteiger partial charge in [0.1, 0.15) is 5.75 Å². The lowest BCUT2D eigenvalue weighted by atomic mass is 10.2. The number of aliphatic imine (C=N–C) groups is 1. The molecule has 28 heavy (non-hydrogen) atoms. The molecule has 0 aliphatic carbocycles. The normalized spacial score (nSPS) is 10.9. The van der Waals surface area contributed by atoms with Gasteiger partial charge in [0, 0.05) is 51.0 Å². The van der Waals surface area contributed by atoms with Crippen LogP contribution in [-0.4, -0.2) is 42.5 Å². The van der Waals surface area contributed by atoms with Crippen LogP contribution in [0.1, 0.15) is 18.2 Å². The Kier molecular flexibility index (Phi) is 9.80. The van der Waals surface area contributed by atoms with E-state index in [0.717, 1.165) is 22.5 Å². The number of hydrogen-bond donors (Lipinski definition) is 2. The zero-order chi connectivity index (χ0) is 20.0. The smallest absolute Gasteiger partial charge is 0.221 e. The first-order valence-electron chi connectivity index (χ1n) is 8.51. The predicted octanol–water partition coefficient (Wildman–Crippen LogP) is 3.58. The molecule has 0 aliphatic heterocycles. The molecule has 2 aromatic rings. The quantitative estimate of drug-likeness (QED) is 0.320. The Balaban J connectivity index is 0.00000392. The first-order chi connectivity index (χ1) is 12.8. The third kappa shape index (κ3) is 6.69. The number of hydrogen-bond acceptors (Lipinski definition) is 3. The largest absolute Gasteiger partial charge is 0.495 e. The van der Waals surface area contributed by atoms with Gasteiger partial charge in [-0.05, 0) is 39.7 Å². The van der Waals surface area contributed by atoms with E-state index in [2.05, 4.69) is 47.1 Å². The van der Waals surface area contributed by atoms with Gasteiger partial charge in [0.15, 0.2) is 5.96 Å². The maximum atomic E-state index is 11.4. The van der Waals surface area contributed by atoms with Gasteiger partial charge in [-0.15, -0.1) is 24.0 Å². The first-order valence-corrected chi connectivity index (χ1v) is 9.30. The van der Waals surface area contributed by atoms with Gasteiger partial charge in [0.25, 0.3) is 0 Å². The fourth-order valence-corrected chi connectivity index (χ4v) is 3.33. The molecular weight excluding hydrogens is 537 g/mol. The van der Waals surface area contributed by atoms with Crippen LogP contribution in [0.4, 0.5) is 5.69 Å². The van der Waals surface area contributed by atoms with Crippen LogP contribution in [0, 0.1) is 0 Å². The molecule has 0 unspecified atom stereocenters. The number of halogens is 2. The highest BCUT2D eigenvalue weighted by atomic mass is 127. The summed E-state index contributed by atoms with van der Waals surface area (Å²) < 4.78 is 8.43. The Labute approximate surface area is 191 Å². The third-order valence-electron chi connectivity index (χ3n) is 4.07. The second kappa shape index (κ2) is 11.3. The van der Waals surface area contributed by atoms with Crippen LogP contribution in [0.3, 0.4) is 0 Å². The minimum Gasteiger partial charge on any atom is -0.495 e. The summed E-state index contributed by atoms with van der Waals surface area (Å²) >= 11 is 3.50. The molecule has 0 atom stereocenters. The number of rotatable bonds is 6. The monoisotopic (exact) mass is 563 g/mol. The van der Waals surface area contributed by atoms with Crippen molar-refractivity contribution in [2.75, 3.05) is 26.5 Å². The van der Waals surface area contributed by atoms with Crippen LogP contribution in [0.5, 0.6) is 5.75 Å². The lowest BCUT2D eigenvalue weighted by molar-refractivity contribution is -0.114. The maximum Gasteiger partial charge on any atom is 0.221 e. The van der Waals surface area contributed by atoms with E-state index in [4.69, 9.17) is 4.74 Å². The van der Waals surface area contributed by atoms with Crippen molar-refractivity contribution in [1.82, 2.24) is 14.8 Å². The molecule has 0 spiro atoms. The molecule has 1 amide bonds. The number of anilines is 1. The molecule has 7 nitrogen and oxygen atoms in total. The van der Waals surface area contributed by atoms with E-state index in [1.54, 1.807) is 14.2 Å². The Morgan fingerprint density at radius 3 is 2.61 bits per heavy atom. The SMILES string of the molecule is CN=C(NCc1ccc(OC)c(NC(C)=O)c1)N(C)Cc1cc(Br)cn1C.I. The van der Waals surface area contributed by atoms with Crippen LogP contribution in [0.2, 0.25) is 0 Å². The predicted molar refractivity (Wildman–Crippen MR) is 127 cm³/mol. The van der Waals surface area contributed by atoms with Crippen molar-refractivity contribution in [1.29, 1.82) is 0 Å². The van der Waals surface area contributed by atoms with Crippen molar-refractivity contribution in [2.45, 2.75) is 20.0 Å². The van der Waals surface area contributed by atoms with Gasteiger partial charge in [-0.25, -0.2) is 0 Å². The molecule has 9 heteroatoms. The molecule has 0 radical (unpaired) electrons. The second-order valence-electron chi connectivity index (χ2n) is 6.23. The molecule has 0 saturated carbocycles. The van der Waals surface area contributed by atoms with Gasteiger partial charge in [0.05, 0.1) is 19.3 Å². The molecule has 0 bridgehead atoms. The van der Waals surface area contributed by atoms with Gasteiger partial charge in [-0.3, -0.25) is 9.79 Å².